The lowest BCUT2D eigenvalue weighted by Crippen LogP contribution is -2.54. The zero-order valence-electron chi connectivity index (χ0n) is 19.6. The van der Waals surface area contributed by atoms with E-state index in [0.717, 1.165) is 5.56 Å². The smallest absolute Gasteiger partial charge is 0.305 e. The number of ketones is 1. The summed E-state index contributed by atoms with van der Waals surface area (Å²) in [7, 11) is 0. The van der Waals surface area contributed by atoms with E-state index in [9.17, 15) is 36.7 Å². The second-order valence-corrected chi connectivity index (χ2v) is 8.67. The molecule has 1 aromatic carbocycles. The van der Waals surface area contributed by atoms with E-state index in [-0.39, 0.29) is 19.2 Å². The second kappa shape index (κ2) is 12.6. The van der Waals surface area contributed by atoms with Crippen molar-refractivity contribution in [2.45, 2.75) is 19.0 Å². The monoisotopic (exact) mass is 560 g/mol. The van der Waals surface area contributed by atoms with Crippen LogP contribution in [0.4, 0.5) is 17.6 Å². The third-order valence-corrected chi connectivity index (χ3v) is 5.68. The maximum Gasteiger partial charge on any atom is 0.305 e. The number of nitrogens with one attached hydrogen (secondary N) is 1. The highest BCUT2D eigenvalue weighted by Gasteiger charge is 2.29. The number of carboxylic acids is 1. The van der Waals surface area contributed by atoms with E-state index in [0.29, 0.717) is 18.2 Å². The van der Waals surface area contributed by atoms with Crippen LogP contribution in [-0.4, -0.2) is 82.3 Å². The molecule has 1 aliphatic rings. The minimum atomic E-state index is -1.89. The van der Waals surface area contributed by atoms with Gasteiger partial charge in [-0.05, 0) is 11.6 Å². The van der Waals surface area contributed by atoms with Gasteiger partial charge in [-0.1, -0.05) is 17.7 Å². The number of amides is 2. The number of nitrogens with zero attached hydrogens (tertiary/aromatic N) is 3. The van der Waals surface area contributed by atoms with Crippen molar-refractivity contribution >= 4 is 35.2 Å². The first kappa shape index (κ1) is 28.8. The molecule has 15 heteroatoms. The van der Waals surface area contributed by atoms with E-state index in [1.54, 1.807) is 18.3 Å². The summed E-state index contributed by atoms with van der Waals surface area (Å²) < 4.78 is 58.7. The molecule has 2 N–H and O–H groups in total. The number of carboxylic acid groups (broad SMARTS) is 1. The molecule has 10 nitrogen and oxygen atoms in total. The number of carbonyl (C=O) groups is 4. The lowest BCUT2D eigenvalue weighted by atomic mass is 10.1. The first-order chi connectivity index (χ1) is 17.9. The summed E-state index contributed by atoms with van der Waals surface area (Å²) in [5, 5.41) is 11.6. The van der Waals surface area contributed by atoms with Crippen LogP contribution in [0.2, 0.25) is 5.15 Å². The zero-order chi connectivity index (χ0) is 28.0. The van der Waals surface area contributed by atoms with Crippen LogP contribution >= 0.6 is 11.6 Å². The molecule has 204 valence electrons. The van der Waals surface area contributed by atoms with Gasteiger partial charge in [-0.15, -0.1) is 0 Å². The first-order valence-electron chi connectivity index (χ1n) is 11.0. The van der Waals surface area contributed by atoms with E-state index >= 15 is 0 Å². The lowest BCUT2D eigenvalue weighted by Gasteiger charge is -2.34. The Morgan fingerprint density at radius 2 is 1.82 bits per heavy atom. The molecule has 0 unspecified atom stereocenters. The fourth-order valence-corrected chi connectivity index (χ4v) is 3.68. The molecule has 2 heterocycles. The van der Waals surface area contributed by atoms with E-state index < -0.39 is 78.2 Å². The quantitative estimate of drug-likeness (QED) is 0.241. The van der Waals surface area contributed by atoms with Crippen molar-refractivity contribution in [2.75, 3.05) is 32.8 Å². The number of benzene rings is 1. The molecule has 0 bridgehead atoms. The van der Waals surface area contributed by atoms with Gasteiger partial charge in [-0.2, -0.15) is 8.78 Å². The van der Waals surface area contributed by atoms with Crippen LogP contribution in [0.15, 0.2) is 24.4 Å². The lowest BCUT2D eigenvalue weighted by molar-refractivity contribution is -0.143. The van der Waals surface area contributed by atoms with Crippen molar-refractivity contribution in [3.63, 3.8) is 0 Å². The molecule has 38 heavy (non-hydrogen) atoms. The summed E-state index contributed by atoms with van der Waals surface area (Å²) in [5.74, 6) is -12.7. The molecule has 0 aliphatic carbocycles. The molecule has 2 aromatic rings. The molecule has 1 fully saturated rings. The number of hydrogen-bond acceptors (Lipinski definition) is 7. The summed E-state index contributed by atoms with van der Waals surface area (Å²) in [6.07, 6.45) is 0.650. The molecule has 0 saturated carbocycles. The number of pyridine rings is 1. The fraction of sp³-hybridized carbons (Fsp3) is 0.348. The molecule has 1 aromatic heterocycles. The molecule has 1 saturated heterocycles. The van der Waals surface area contributed by atoms with Gasteiger partial charge in [-0.3, -0.25) is 24.1 Å². The number of piperazine rings is 1. The van der Waals surface area contributed by atoms with E-state index in [2.05, 4.69) is 15.0 Å². The van der Waals surface area contributed by atoms with E-state index in [1.807, 2.05) is 4.90 Å². The van der Waals surface area contributed by atoms with Gasteiger partial charge >= 0.3 is 5.97 Å². The number of hydrogen-bond donors (Lipinski definition) is 2. The van der Waals surface area contributed by atoms with Crippen molar-refractivity contribution in [3.05, 3.63) is 58.4 Å². The van der Waals surface area contributed by atoms with Crippen molar-refractivity contribution in [2.24, 2.45) is 0 Å². The second-order valence-electron chi connectivity index (χ2n) is 8.29. The predicted octanol–water partition coefficient (Wildman–Crippen LogP) is 1.54. The highest BCUT2D eigenvalue weighted by atomic mass is 35.5. The van der Waals surface area contributed by atoms with Gasteiger partial charge in [0.15, 0.2) is 23.2 Å². The molecular weight excluding hydrogens is 540 g/mol. The SMILES string of the molecule is O=C(O)C[C@H](NC(=O)CN1CCN(Cc2ccc(Cl)nc2)CC1=O)C(=O)COc1c(F)c(F)cc(F)c1F. The topological polar surface area (TPSA) is 129 Å². The minimum absolute atomic E-state index is 0.0114. The molecule has 2 amide bonds. The molecular formula is C23H21ClF4N4O6. The molecule has 1 atom stereocenters. The van der Waals surface area contributed by atoms with Crippen LogP contribution in [0.5, 0.6) is 5.75 Å². The Labute approximate surface area is 218 Å². The summed E-state index contributed by atoms with van der Waals surface area (Å²) >= 11 is 5.76. The molecule has 0 radical (unpaired) electrons. The van der Waals surface area contributed by atoms with Gasteiger partial charge in [0.25, 0.3) is 0 Å². The Morgan fingerprint density at radius 1 is 1.13 bits per heavy atom. The van der Waals surface area contributed by atoms with Crippen LogP contribution in [0.3, 0.4) is 0 Å². The normalized spacial score (nSPS) is 14.8. The minimum Gasteiger partial charge on any atom is -0.481 e. The maximum atomic E-state index is 13.7. The largest absolute Gasteiger partial charge is 0.481 e. The Morgan fingerprint density at radius 3 is 2.39 bits per heavy atom. The standard InChI is InChI=1S/C23H21ClF4N4O6/c24-17-2-1-12(7-29-17)8-31-3-4-32(19(35)10-31)9-18(34)30-15(6-20(36)37)16(33)11-38-23-21(27)13(25)5-14(26)22(23)28/h1-2,5,7,15H,3-4,6,8-11H2,(H,30,34)(H,36,37)/t15-/m0/s1. The highest BCUT2D eigenvalue weighted by molar-refractivity contribution is 6.29. The molecule has 0 spiro atoms. The maximum absolute atomic E-state index is 13.7. The summed E-state index contributed by atoms with van der Waals surface area (Å²) in [5.41, 5.74) is 0.825. The van der Waals surface area contributed by atoms with Gasteiger partial charge in [0.2, 0.25) is 23.4 Å². The van der Waals surface area contributed by atoms with Gasteiger partial charge in [0.1, 0.15) is 17.8 Å². The summed E-state index contributed by atoms with van der Waals surface area (Å²) in [6, 6.07) is 1.61. The number of carbonyl (C=O) groups excluding carboxylic acids is 3. The van der Waals surface area contributed by atoms with Gasteiger partial charge in [0, 0.05) is 31.9 Å². The fourth-order valence-electron chi connectivity index (χ4n) is 3.57. The van der Waals surface area contributed by atoms with Gasteiger partial charge in [-0.25, -0.2) is 13.8 Å². The average molecular weight is 561 g/mol. The van der Waals surface area contributed by atoms with E-state index in [4.69, 9.17) is 16.7 Å². The van der Waals surface area contributed by atoms with Gasteiger partial charge < -0.3 is 20.1 Å². The summed E-state index contributed by atoms with van der Waals surface area (Å²) in [4.78, 5) is 55.6. The third kappa shape index (κ3) is 7.61. The number of aromatic nitrogens is 1. The van der Waals surface area contributed by atoms with Crippen molar-refractivity contribution < 1.29 is 46.6 Å². The van der Waals surface area contributed by atoms with Crippen LogP contribution in [0.1, 0.15) is 12.0 Å². The Hall–Kier alpha value is -3.78. The first-order valence-corrected chi connectivity index (χ1v) is 11.4. The Kier molecular flexibility index (Phi) is 9.58. The van der Waals surface area contributed by atoms with Crippen molar-refractivity contribution in [1.29, 1.82) is 0 Å². The zero-order valence-corrected chi connectivity index (χ0v) is 20.3. The average Bonchev–Trinajstić information content (AvgIpc) is 2.85. The summed E-state index contributed by atoms with van der Waals surface area (Å²) in [6.45, 7) is -0.708. The number of halogens is 5. The Bertz CT molecular complexity index is 1210. The van der Waals surface area contributed by atoms with Crippen LogP contribution in [0, 0.1) is 23.3 Å². The molecule has 3 rings (SSSR count). The number of ether oxygens (including phenoxy) is 1. The van der Waals surface area contributed by atoms with Crippen LogP contribution in [-0.2, 0) is 25.7 Å². The Balaban J connectivity index is 1.56. The number of Topliss-reactive ketones (excluding diaryl/α,β-unsaturated/α-hetero) is 1. The third-order valence-electron chi connectivity index (χ3n) is 5.46. The van der Waals surface area contributed by atoms with Gasteiger partial charge in [0.05, 0.1) is 19.5 Å². The van der Waals surface area contributed by atoms with E-state index in [1.165, 1.54) is 4.90 Å². The van der Waals surface area contributed by atoms with Crippen LogP contribution < -0.4 is 10.1 Å². The molecule has 1 aliphatic heterocycles. The van der Waals surface area contributed by atoms with Crippen LogP contribution in [0.25, 0.3) is 0 Å². The number of rotatable bonds is 11. The number of aliphatic carboxylic acids is 1. The predicted molar refractivity (Wildman–Crippen MR) is 122 cm³/mol. The highest BCUT2D eigenvalue weighted by Crippen LogP contribution is 2.26. The van der Waals surface area contributed by atoms with Crippen molar-refractivity contribution in [3.8, 4) is 5.75 Å². The van der Waals surface area contributed by atoms with Crippen molar-refractivity contribution in [1.82, 2.24) is 20.1 Å².